The number of methoxy groups -OCH3 is 2. The van der Waals surface area contributed by atoms with Crippen LogP contribution in [0.4, 0.5) is 4.79 Å². The molecule has 8 heteroatoms. The fourth-order valence-corrected chi connectivity index (χ4v) is 2.51. The molecule has 0 unspecified atom stereocenters. The van der Waals surface area contributed by atoms with Gasteiger partial charge in [-0.05, 0) is 24.1 Å². The molecule has 4 amide bonds. The Labute approximate surface area is 146 Å². The topological polar surface area (TPSA) is 97.0 Å². The minimum Gasteiger partial charge on any atom is -0.497 e. The van der Waals surface area contributed by atoms with Crippen molar-refractivity contribution < 1.29 is 23.9 Å². The number of carbonyl (C=O) groups excluding carboxylic acids is 3. The first-order chi connectivity index (χ1) is 12.0. The molecule has 0 radical (unpaired) electrons. The number of rotatable bonds is 9. The highest BCUT2D eigenvalue weighted by molar-refractivity contribution is 6.05. The number of carbonyl (C=O) groups is 3. The molecule has 1 aliphatic heterocycles. The Morgan fingerprint density at radius 1 is 1.24 bits per heavy atom. The van der Waals surface area contributed by atoms with E-state index in [9.17, 15) is 14.4 Å². The van der Waals surface area contributed by atoms with Crippen LogP contribution in [0.5, 0.6) is 5.75 Å². The fraction of sp³-hybridized carbons (Fsp3) is 0.471. The van der Waals surface area contributed by atoms with E-state index in [1.165, 1.54) is 7.11 Å². The summed E-state index contributed by atoms with van der Waals surface area (Å²) in [6.07, 6.45) is 0.462. The maximum Gasteiger partial charge on any atom is 0.324 e. The molecule has 1 aliphatic rings. The molecule has 25 heavy (non-hydrogen) atoms. The Kier molecular flexibility index (Phi) is 6.76. The predicted molar refractivity (Wildman–Crippen MR) is 90.2 cm³/mol. The number of nitrogens with zero attached hydrogens (tertiary/aromatic N) is 1. The molecule has 1 aromatic rings. The van der Waals surface area contributed by atoms with E-state index < -0.39 is 12.1 Å². The zero-order chi connectivity index (χ0) is 18.2. The van der Waals surface area contributed by atoms with E-state index in [2.05, 4.69) is 10.6 Å². The predicted octanol–water partition coefficient (Wildman–Crippen LogP) is 0.311. The average Bonchev–Trinajstić information content (AvgIpc) is 2.87. The van der Waals surface area contributed by atoms with Crippen LogP contribution in [0, 0.1) is 0 Å². The Balaban J connectivity index is 1.84. The number of nitrogens with one attached hydrogen (secondary N) is 2. The molecule has 1 aromatic carbocycles. The molecular formula is C17H23N3O5. The quantitative estimate of drug-likeness (QED) is 0.494. The van der Waals surface area contributed by atoms with Crippen LogP contribution in [0.1, 0.15) is 12.0 Å². The van der Waals surface area contributed by atoms with E-state index in [0.29, 0.717) is 19.6 Å². The van der Waals surface area contributed by atoms with E-state index >= 15 is 0 Å². The smallest absolute Gasteiger partial charge is 0.324 e. The molecule has 2 N–H and O–H groups in total. The van der Waals surface area contributed by atoms with Gasteiger partial charge in [0, 0.05) is 20.2 Å². The Morgan fingerprint density at radius 2 is 1.96 bits per heavy atom. The number of hydrogen-bond acceptors (Lipinski definition) is 5. The summed E-state index contributed by atoms with van der Waals surface area (Å²) >= 11 is 0. The van der Waals surface area contributed by atoms with Crippen LogP contribution < -0.4 is 15.4 Å². The molecule has 0 aliphatic carbocycles. The fourth-order valence-electron chi connectivity index (χ4n) is 2.51. The van der Waals surface area contributed by atoms with Gasteiger partial charge in [0.25, 0.3) is 5.91 Å². The van der Waals surface area contributed by atoms with Gasteiger partial charge >= 0.3 is 6.03 Å². The zero-order valence-electron chi connectivity index (χ0n) is 14.4. The number of ether oxygens (including phenoxy) is 2. The normalized spacial score (nSPS) is 16.7. The van der Waals surface area contributed by atoms with Crippen molar-refractivity contribution in [3.8, 4) is 5.75 Å². The van der Waals surface area contributed by atoms with E-state index in [1.807, 2.05) is 24.3 Å². The number of benzene rings is 1. The Morgan fingerprint density at radius 3 is 2.60 bits per heavy atom. The van der Waals surface area contributed by atoms with Crippen LogP contribution in [0.3, 0.4) is 0 Å². The molecule has 0 aromatic heterocycles. The van der Waals surface area contributed by atoms with Gasteiger partial charge < -0.3 is 20.1 Å². The molecule has 2 rings (SSSR count). The maximum absolute atomic E-state index is 12.3. The summed E-state index contributed by atoms with van der Waals surface area (Å²) < 4.78 is 9.93. The van der Waals surface area contributed by atoms with Gasteiger partial charge in [0.15, 0.2) is 0 Å². The molecule has 0 spiro atoms. The van der Waals surface area contributed by atoms with E-state index in [0.717, 1.165) is 16.2 Å². The average molecular weight is 349 g/mol. The Hall–Kier alpha value is -2.61. The lowest BCUT2D eigenvalue weighted by Crippen LogP contribution is -2.37. The SMILES string of the molecule is COCCNC(=O)C[C@H]1NC(=O)N(CCc2ccc(OC)cc2)C1=O. The molecule has 1 heterocycles. The third-order valence-corrected chi connectivity index (χ3v) is 3.91. The van der Waals surface area contributed by atoms with Gasteiger partial charge in [-0.2, -0.15) is 0 Å². The molecule has 1 atom stereocenters. The first-order valence-corrected chi connectivity index (χ1v) is 8.05. The highest BCUT2D eigenvalue weighted by Gasteiger charge is 2.38. The summed E-state index contributed by atoms with van der Waals surface area (Å²) in [5.74, 6) is 0.0754. The highest BCUT2D eigenvalue weighted by Crippen LogP contribution is 2.14. The molecule has 0 bridgehead atoms. The molecule has 1 fully saturated rings. The van der Waals surface area contributed by atoms with Crippen LogP contribution in [0.25, 0.3) is 0 Å². The van der Waals surface area contributed by atoms with E-state index in [-0.39, 0.29) is 24.8 Å². The zero-order valence-corrected chi connectivity index (χ0v) is 14.4. The second-order valence-corrected chi connectivity index (χ2v) is 5.64. The first kappa shape index (κ1) is 18.7. The summed E-state index contributed by atoms with van der Waals surface area (Å²) in [4.78, 5) is 37.2. The second-order valence-electron chi connectivity index (χ2n) is 5.64. The van der Waals surface area contributed by atoms with Crippen molar-refractivity contribution in [2.45, 2.75) is 18.9 Å². The van der Waals surface area contributed by atoms with Crippen LogP contribution in [-0.2, 0) is 20.7 Å². The lowest BCUT2D eigenvalue weighted by molar-refractivity contribution is -0.130. The number of amides is 4. The molecule has 0 saturated carbocycles. The lowest BCUT2D eigenvalue weighted by Gasteiger charge is -2.13. The highest BCUT2D eigenvalue weighted by atomic mass is 16.5. The number of hydrogen-bond donors (Lipinski definition) is 2. The van der Waals surface area contributed by atoms with E-state index in [1.54, 1.807) is 7.11 Å². The van der Waals surface area contributed by atoms with Gasteiger partial charge in [-0.1, -0.05) is 12.1 Å². The van der Waals surface area contributed by atoms with Gasteiger partial charge in [0.2, 0.25) is 5.91 Å². The molecule has 1 saturated heterocycles. The van der Waals surface area contributed by atoms with Gasteiger partial charge in [0.05, 0.1) is 20.1 Å². The van der Waals surface area contributed by atoms with Crippen molar-refractivity contribution in [2.24, 2.45) is 0 Å². The standard InChI is InChI=1S/C17H23N3O5/c1-24-10-8-18-15(21)11-14-16(22)20(17(23)19-14)9-7-12-3-5-13(25-2)6-4-12/h3-6,14H,7-11H2,1-2H3,(H,18,21)(H,19,23)/t14-/m1/s1. The lowest BCUT2D eigenvalue weighted by atomic mass is 10.1. The minimum absolute atomic E-state index is 0.0761. The largest absolute Gasteiger partial charge is 0.497 e. The molecular weight excluding hydrogens is 326 g/mol. The van der Waals surface area contributed by atoms with Crippen molar-refractivity contribution in [1.29, 1.82) is 0 Å². The molecule has 8 nitrogen and oxygen atoms in total. The third kappa shape index (κ3) is 5.18. The first-order valence-electron chi connectivity index (χ1n) is 8.05. The maximum atomic E-state index is 12.3. The summed E-state index contributed by atoms with van der Waals surface area (Å²) in [5, 5.41) is 5.19. The minimum atomic E-state index is -0.814. The van der Waals surface area contributed by atoms with Gasteiger partial charge in [-0.3, -0.25) is 14.5 Å². The monoisotopic (exact) mass is 349 g/mol. The van der Waals surface area contributed by atoms with Crippen molar-refractivity contribution in [1.82, 2.24) is 15.5 Å². The summed E-state index contributed by atoms with van der Waals surface area (Å²) in [6.45, 7) is 1.02. The van der Waals surface area contributed by atoms with Crippen molar-refractivity contribution in [3.63, 3.8) is 0 Å². The van der Waals surface area contributed by atoms with Crippen molar-refractivity contribution >= 4 is 17.8 Å². The number of imide groups is 1. The van der Waals surface area contributed by atoms with Gasteiger partial charge in [-0.15, -0.1) is 0 Å². The van der Waals surface area contributed by atoms with E-state index in [4.69, 9.17) is 9.47 Å². The third-order valence-electron chi connectivity index (χ3n) is 3.91. The van der Waals surface area contributed by atoms with Crippen LogP contribution >= 0.6 is 0 Å². The van der Waals surface area contributed by atoms with Crippen LogP contribution in [-0.4, -0.2) is 62.7 Å². The summed E-state index contributed by atoms with van der Waals surface area (Å²) in [5.41, 5.74) is 0.988. The Bertz CT molecular complexity index is 617. The second kappa shape index (κ2) is 9.03. The molecule has 136 valence electrons. The number of urea groups is 1. The van der Waals surface area contributed by atoms with Gasteiger partial charge in [0.1, 0.15) is 11.8 Å². The van der Waals surface area contributed by atoms with Crippen molar-refractivity contribution in [3.05, 3.63) is 29.8 Å². The van der Waals surface area contributed by atoms with Crippen LogP contribution in [0.2, 0.25) is 0 Å². The summed E-state index contributed by atoms with van der Waals surface area (Å²) in [6, 6.07) is 6.15. The summed E-state index contributed by atoms with van der Waals surface area (Å²) in [7, 11) is 3.13. The van der Waals surface area contributed by atoms with Gasteiger partial charge in [-0.25, -0.2) is 4.79 Å². The van der Waals surface area contributed by atoms with Crippen molar-refractivity contribution in [2.75, 3.05) is 33.9 Å². The van der Waals surface area contributed by atoms with Crippen LogP contribution in [0.15, 0.2) is 24.3 Å².